The van der Waals surface area contributed by atoms with E-state index in [1.165, 1.54) is 24.3 Å². The molecule has 2 rings (SSSR count). The molecule has 0 aliphatic heterocycles. The van der Waals surface area contributed by atoms with Crippen LogP contribution in [0.25, 0.3) is 0 Å². The van der Waals surface area contributed by atoms with Gasteiger partial charge >= 0.3 is 5.97 Å². The summed E-state index contributed by atoms with van der Waals surface area (Å²) in [5.74, 6) is -0.988. The number of carbonyl (C=O) groups is 1. The van der Waals surface area contributed by atoms with Gasteiger partial charge in [-0.25, -0.2) is 14.8 Å². The summed E-state index contributed by atoms with van der Waals surface area (Å²) < 4.78 is 0.535. The van der Waals surface area contributed by atoms with Crippen LogP contribution in [-0.2, 0) is 0 Å². The lowest BCUT2D eigenvalue weighted by atomic mass is 10.2. The van der Waals surface area contributed by atoms with Gasteiger partial charge in [-0.2, -0.15) is 0 Å². The van der Waals surface area contributed by atoms with E-state index < -0.39 is 5.97 Å². The first-order valence-electron chi connectivity index (χ1n) is 4.74. The zero-order valence-corrected chi connectivity index (χ0v) is 12.0. The summed E-state index contributed by atoms with van der Waals surface area (Å²) in [6.07, 6.45) is 2.89. The summed E-state index contributed by atoms with van der Waals surface area (Å²) in [6, 6.07) is 5.04. The fourth-order valence-corrected chi connectivity index (χ4v) is 2.64. The molecule has 0 spiro atoms. The van der Waals surface area contributed by atoms with E-state index in [1.807, 2.05) is 0 Å². The number of carboxylic acids is 1. The molecule has 1 N–H and O–H groups in total. The van der Waals surface area contributed by atoms with Crippen LogP contribution in [0.4, 0.5) is 0 Å². The fourth-order valence-electron chi connectivity index (χ4n) is 1.22. The van der Waals surface area contributed by atoms with E-state index in [0.717, 1.165) is 4.90 Å². The van der Waals surface area contributed by atoms with Gasteiger partial charge in [-0.1, -0.05) is 23.4 Å². The highest BCUT2D eigenvalue weighted by molar-refractivity contribution is 9.10. The fraction of sp³-hybridized carbons (Fsp3) is 0. The Bertz CT molecular complexity index is 609. The molecule has 0 amide bonds. The molecule has 18 heavy (non-hydrogen) atoms. The molecule has 7 heteroatoms. The lowest BCUT2D eigenvalue weighted by Crippen LogP contribution is -1.97. The molecular weight excluding hydrogens is 340 g/mol. The molecule has 4 nitrogen and oxygen atoms in total. The van der Waals surface area contributed by atoms with Crippen molar-refractivity contribution in [2.75, 3.05) is 0 Å². The maximum atomic E-state index is 11.0. The second-order valence-electron chi connectivity index (χ2n) is 3.22. The zero-order valence-electron chi connectivity index (χ0n) is 8.80. The third-order valence-corrected chi connectivity index (χ3v) is 4.11. The van der Waals surface area contributed by atoms with Crippen molar-refractivity contribution in [1.29, 1.82) is 0 Å². The molecule has 0 aliphatic carbocycles. The van der Waals surface area contributed by atoms with E-state index in [2.05, 4.69) is 25.9 Å². The minimum Gasteiger partial charge on any atom is -0.478 e. The molecule has 0 saturated carbocycles. The standard InChI is InChI=1S/C11H6BrClN2O2S/c12-8-2-1-6(3-7(8)11(16)17)18-10-9(13)4-14-5-15-10/h1-5H,(H,16,17). The molecule has 1 aromatic heterocycles. The number of halogens is 2. The number of aromatic carboxylic acids is 1. The molecule has 1 aromatic carbocycles. The molecule has 0 radical (unpaired) electrons. The van der Waals surface area contributed by atoms with Crippen molar-refractivity contribution in [3.63, 3.8) is 0 Å². The van der Waals surface area contributed by atoms with Crippen molar-refractivity contribution >= 4 is 45.3 Å². The normalized spacial score (nSPS) is 10.3. The highest BCUT2D eigenvalue weighted by Crippen LogP contribution is 2.32. The van der Waals surface area contributed by atoms with Gasteiger partial charge in [0.1, 0.15) is 11.4 Å². The molecule has 0 fully saturated rings. The number of nitrogens with zero attached hydrogens (tertiary/aromatic N) is 2. The van der Waals surface area contributed by atoms with Crippen molar-refractivity contribution in [3.8, 4) is 0 Å². The van der Waals surface area contributed by atoms with Crippen molar-refractivity contribution in [2.24, 2.45) is 0 Å². The van der Waals surface area contributed by atoms with Gasteiger partial charge < -0.3 is 5.11 Å². The minimum absolute atomic E-state index is 0.199. The largest absolute Gasteiger partial charge is 0.478 e. The Kier molecular flexibility index (Phi) is 4.21. The summed E-state index contributed by atoms with van der Waals surface area (Å²) in [4.78, 5) is 19.6. The average Bonchev–Trinajstić information content (AvgIpc) is 2.34. The van der Waals surface area contributed by atoms with E-state index in [-0.39, 0.29) is 5.56 Å². The molecule has 92 valence electrons. The first-order valence-corrected chi connectivity index (χ1v) is 6.73. The number of carboxylic acid groups (broad SMARTS) is 1. The third-order valence-electron chi connectivity index (χ3n) is 2.02. The van der Waals surface area contributed by atoms with E-state index in [0.29, 0.717) is 14.5 Å². The Morgan fingerprint density at radius 1 is 1.44 bits per heavy atom. The van der Waals surface area contributed by atoms with Gasteiger partial charge in [-0.3, -0.25) is 0 Å². The molecule has 2 aromatic rings. The van der Waals surface area contributed by atoms with Crippen LogP contribution >= 0.6 is 39.3 Å². The Labute approximate surface area is 121 Å². The number of hydrogen-bond acceptors (Lipinski definition) is 4. The SMILES string of the molecule is O=C(O)c1cc(Sc2ncncc2Cl)ccc1Br. The van der Waals surface area contributed by atoms with Crippen LogP contribution in [0.3, 0.4) is 0 Å². The van der Waals surface area contributed by atoms with Crippen LogP contribution in [0.1, 0.15) is 10.4 Å². The average molecular weight is 346 g/mol. The quantitative estimate of drug-likeness (QED) is 0.859. The molecule has 0 unspecified atom stereocenters. The van der Waals surface area contributed by atoms with E-state index in [9.17, 15) is 4.79 Å². The summed E-state index contributed by atoms with van der Waals surface area (Å²) >= 11 is 10.4. The highest BCUT2D eigenvalue weighted by atomic mass is 79.9. The summed E-state index contributed by atoms with van der Waals surface area (Å²) in [5, 5.41) is 10.0. The smallest absolute Gasteiger partial charge is 0.336 e. The number of hydrogen-bond donors (Lipinski definition) is 1. The van der Waals surface area contributed by atoms with Crippen LogP contribution in [0.15, 0.2) is 45.1 Å². The number of aromatic nitrogens is 2. The van der Waals surface area contributed by atoms with E-state index in [4.69, 9.17) is 16.7 Å². The molecular formula is C11H6BrClN2O2S. The van der Waals surface area contributed by atoms with Crippen molar-refractivity contribution in [2.45, 2.75) is 9.92 Å². The zero-order chi connectivity index (χ0) is 13.1. The second-order valence-corrected chi connectivity index (χ2v) is 5.55. The minimum atomic E-state index is -0.988. The van der Waals surface area contributed by atoms with Gasteiger partial charge in [0.15, 0.2) is 0 Å². The van der Waals surface area contributed by atoms with Gasteiger partial charge in [0, 0.05) is 9.37 Å². The summed E-state index contributed by atoms with van der Waals surface area (Å²) in [5.41, 5.74) is 0.199. The molecule has 0 bridgehead atoms. The van der Waals surface area contributed by atoms with Crippen LogP contribution in [0, 0.1) is 0 Å². The topological polar surface area (TPSA) is 63.1 Å². The van der Waals surface area contributed by atoms with Crippen LogP contribution < -0.4 is 0 Å². The van der Waals surface area contributed by atoms with E-state index in [1.54, 1.807) is 18.2 Å². The molecule has 1 heterocycles. The molecule has 0 saturated heterocycles. The first kappa shape index (κ1) is 13.3. The Morgan fingerprint density at radius 3 is 2.89 bits per heavy atom. The monoisotopic (exact) mass is 344 g/mol. The highest BCUT2D eigenvalue weighted by Gasteiger charge is 2.11. The lowest BCUT2D eigenvalue weighted by Gasteiger charge is -2.04. The Hall–Kier alpha value is -1.11. The van der Waals surface area contributed by atoms with E-state index >= 15 is 0 Å². The van der Waals surface area contributed by atoms with Crippen LogP contribution in [0.2, 0.25) is 5.02 Å². The van der Waals surface area contributed by atoms with Gasteiger partial charge in [0.05, 0.1) is 16.8 Å². The Morgan fingerprint density at radius 2 is 2.22 bits per heavy atom. The number of benzene rings is 1. The van der Waals surface area contributed by atoms with Gasteiger partial charge in [0.25, 0.3) is 0 Å². The second kappa shape index (κ2) is 5.69. The lowest BCUT2D eigenvalue weighted by molar-refractivity contribution is 0.0695. The molecule has 0 atom stereocenters. The van der Waals surface area contributed by atoms with Gasteiger partial charge in [-0.05, 0) is 34.1 Å². The maximum Gasteiger partial charge on any atom is 0.336 e. The van der Waals surface area contributed by atoms with Gasteiger partial charge in [0.2, 0.25) is 0 Å². The van der Waals surface area contributed by atoms with Crippen molar-refractivity contribution in [1.82, 2.24) is 9.97 Å². The maximum absolute atomic E-state index is 11.0. The van der Waals surface area contributed by atoms with Gasteiger partial charge in [-0.15, -0.1) is 0 Å². The first-order chi connectivity index (χ1) is 8.58. The van der Waals surface area contributed by atoms with Crippen LogP contribution in [-0.4, -0.2) is 21.0 Å². The predicted molar refractivity (Wildman–Crippen MR) is 72.3 cm³/mol. The van der Waals surface area contributed by atoms with Crippen LogP contribution in [0.5, 0.6) is 0 Å². The molecule has 0 aliphatic rings. The summed E-state index contributed by atoms with van der Waals surface area (Å²) in [7, 11) is 0. The predicted octanol–water partition coefficient (Wildman–Crippen LogP) is 3.74. The van der Waals surface area contributed by atoms with Crippen molar-refractivity contribution < 1.29 is 9.90 Å². The Balaban J connectivity index is 2.33. The third kappa shape index (κ3) is 3.01. The van der Waals surface area contributed by atoms with Crippen molar-refractivity contribution in [3.05, 3.63) is 45.8 Å². The summed E-state index contributed by atoms with van der Waals surface area (Å²) in [6.45, 7) is 0. The number of rotatable bonds is 3.